The number of methoxy groups -OCH3 is 1. The first-order valence-electron chi connectivity index (χ1n) is 5.34. The Labute approximate surface area is 107 Å². The van der Waals surface area contributed by atoms with E-state index in [1.54, 1.807) is 31.4 Å². The van der Waals surface area contributed by atoms with Crippen LogP contribution in [-0.2, 0) is 10.1 Å². The van der Waals surface area contributed by atoms with Gasteiger partial charge in [0.15, 0.2) is 0 Å². The first-order valence-corrected chi connectivity index (χ1v) is 6.95. The minimum atomic E-state index is -3.93. The van der Waals surface area contributed by atoms with Crippen LogP contribution in [0.2, 0.25) is 0 Å². The Morgan fingerprint density at radius 1 is 1.44 bits per heavy atom. The van der Waals surface area contributed by atoms with E-state index in [0.717, 1.165) is 5.56 Å². The molecule has 0 atom stereocenters. The highest BCUT2D eigenvalue weighted by molar-refractivity contribution is 7.85. The molecule has 1 aromatic rings. The molecule has 0 aliphatic heterocycles. The Hall–Kier alpha value is -1.53. The quantitative estimate of drug-likeness (QED) is 0.607. The van der Waals surface area contributed by atoms with Gasteiger partial charge < -0.3 is 9.47 Å². The molecule has 5 nitrogen and oxygen atoms in total. The zero-order chi connectivity index (χ0) is 13.6. The molecule has 1 N–H and O–H groups in total. The van der Waals surface area contributed by atoms with Gasteiger partial charge in [0.2, 0.25) is 0 Å². The lowest BCUT2D eigenvalue weighted by atomic mass is 10.2. The van der Waals surface area contributed by atoms with Gasteiger partial charge in [-0.25, -0.2) is 0 Å². The highest BCUT2D eigenvalue weighted by Gasteiger charge is 2.06. The molecule has 18 heavy (non-hydrogen) atoms. The van der Waals surface area contributed by atoms with Gasteiger partial charge in [0.1, 0.15) is 11.5 Å². The molecule has 0 amide bonds. The van der Waals surface area contributed by atoms with Gasteiger partial charge in [0.05, 0.1) is 19.5 Å². The van der Waals surface area contributed by atoms with Crippen molar-refractivity contribution in [1.82, 2.24) is 0 Å². The Morgan fingerprint density at radius 2 is 2.17 bits per heavy atom. The van der Waals surface area contributed by atoms with E-state index in [-0.39, 0.29) is 18.8 Å². The van der Waals surface area contributed by atoms with Crippen LogP contribution >= 0.6 is 0 Å². The molecular formula is C12H16O5S. The third kappa shape index (κ3) is 4.77. The molecule has 6 heteroatoms. The molecular weight excluding hydrogens is 256 g/mol. The van der Waals surface area contributed by atoms with E-state index in [2.05, 4.69) is 6.58 Å². The molecule has 0 aliphatic rings. The minimum absolute atomic E-state index is 0.201. The largest absolute Gasteiger partial charge is 0.497 e. The summed E-state index contributed by atoms with van der Waals surface area (Å²) in [5, 5.41) is 0. The van der Waals surface area contributed by atoms with Crippen molar-refractivity contribution in [3.05, 3.63) is 30.3 Å². The predicted molar refractivity (Wildman–Crippen MR) is 69.6 cm³/mol. The molecule has 0 heterocycles. The van der Waals surface area contributed by atoms with Crippen LogP contribution in [0.4, 0.5) is 0 Å². The summed E-state index contributed by atoms with van der Waals surface area (Å²) in [6.45, 7) is 3.86. The van der Waals surface area contributed by atoms with Crippen LogP contribution in [-0.4, -0.2) is 32.4 Å². The first kappa shape index (κ1) is 14.5. The number of benzene rings is 1. The zero-order valence-corrected chi connectivity index (χ0v) is 10.9. The van der Waals surface area contributed by atoms with E-state index in [1.807, 2.05) is 0 Å². The van der Waals surface area contributed by atoms with Crippen LogP contribution in [0.15, 0.2) is 24.8 Å². The van der Waals surface area contributed by atoms with E-state index in [0.29, 0.717) is 11.5 Å². The molecule has 0 saturated carbocycles. The van der Waals surface area contributed by atoms with Crippen molar-refractivity contribution in [2.24, 2.45) is 0 Å². The third-order valence-corrected chi connectivity index (χ3v) is 3.05. The van der Waals surface area contributed by atoms with Crippen molar-refractivity contribution in [3.63, 3.8) is 0 Å². The van der Waals surface area contributed by atoms with Crippen LogP contribution in [0.25, 0.3) is 6.08 Å². The topological polar surface area (TPSA) is 72.8 Å². The van der Waals surface area contributed by atoms with Crippen LogP contribution in [0, 0.1) is 0 Å². The summed E-state index contributed by atoms with van der Waals surface area (Å²) >= 11 is 0. The second-order valence-electron chi connectivity index (χ2n) is 3.60. The molecule has 100 valence electrons. The number of rotatable bonds is 7. The van der Waals surface area contributed by atoms with Gasteiger partial charge in [0.25, 0.3) is 10.1 Å². The van der Waals surface area contributed by atoms with Crippen molar-refractivity contribution >= 4 is 16.2 Å². The van der Waals surface area contributed by atoms with Gasteiger partial charge in [0, 0.05) is 5.56 Å². The smallest absolute Gasteiger partial charge is 0.264 e. The molecule has 0 aliphatic carbocycles. The van der Waals surface area contributed by atoms with Crippen molar-refractivity contribution in [2.45, 2.75) is 6.42 Å². The Balaban J connectivity index is 2.59. The fourth-order valence-corrected chi connectivity index (χ4v) is 1.85. The monoisotopic (exact) mass is 272 g/mol. The summed E-state index contributed by atoms with van der Waals surface area (Å²) in [4.78, 5) is 0. The third-order valence-electron chi connectivity index (χ3n) is 2.24. The molecule has 0 saturated heterocycles. The van der Waals surface area contributed by atoms with E-state index in [9.17, 15) is 8.42 Å². The maximum atomic E-state index is 10.5. The number of hydrogen-bond acceptors (Lipinski definition) is 4. The Morgan fingerprint density at radius 3 is 2.72 bits per heavy atom. The summed E-state index contributed by atoms with van der Waals surface area (Å²) in [6, 6.07) is 5.24. The second kappa shape index (κ2) is 6.42. The molecule has 0 aromatic heterocycles. The highest BCUT2D eigenvalue weighted by Crippen LogP contribution is 2.25. The highest BCUT2D eigenvalue weighted by atomic mass is 32.2. The summed E-state index contributed by atoms with van der Waals surface area (Å²) < 4.78 is 40.1. The molecule has 0 radical (unpaired) electrons. The fourth-order valence-electron chi connectivity index (χ4n) is 1.37. The SMILES string of the molecule is C=Cc1cc(OC)ccc1OCCCS(=O)(=O)O. The van der Waals surface area contributed by atoms with Crippen molar-refractivity contribution in [1.29, 1.82) is 0 Å². The Kier molecular flexibility index (Phi) is 5.18. The van der Waals surface area contributed by atoms with Crippen molar-refractivity contribution < 1.29 is 22.4 Å². The summed E-state index contributed by atoms with van der Waals surface area (Å²) in [6.07, 6.45) is 1.85. The molecule has 0 bridgehead atoms. The van der Waals surface area contributed by atoms with E-state index >= 15 is 0 Å². The van der Waals surface area contributed by atoms with Crippen molar-refractivity contribution in [3.8, 4) is 11.5 Å². The van der Waals surface area contributed by atoms with Gasteiger partial charge in [-0.3, -0.25) is 4.55 Å². The second-order valence-corrected chi connectivity index (χ2v) is 5.17. The lowest BCUT2D eigenvalue weighted by molar-refractivity contribution is 0.314. The maximum Gasteiger partial charge on any atom is 0.264 e. The number of hydrogen-bond donors (Lipinski definition) is 1. The summed E-state index contributed by atoms with van der Waals surface area (Å²) in [5.41, 5.74) is 0.765. The van der Waals surface area contributed by atoms with Crippen LogP contribution in [0.1, 0.15) is 12.0 Å². The molecule has 0 unspecified atom stereocenters. The Bertz CT molecular complexity index is 507. The standard InChI is InChI=1S/C12H16O5S/c1-3-10-9-11(16-2)5-6-12(10)17-7-4-8-18(13,14)15/h3,5-6,9H,1,4,7-8H2,2H3,(H,13,14,15). The fraction of sp³-hybridized carbons (Fsp3) is 0.333. The van der Waals surface area contributed by atoms with Gasteiger partial charge in [-0.2, -0.15) is 8.42 Å². The van der Waals surface area contributed by atoms with E-state index in [4.69, 9.17) is 14.0 Å². The van der Waals surface area contributed by atoms with Gasteiger partial charge in [-0.15, -0.1) is 0 Å². The van der Waals surface area contributed by atoms with Gasteiger partial charge >= 0.3 is 0 Å². The van der Waals surface area contributed by atoms with Gasteiger partial charge in [-0.05, 0) is 24.6 Å². The van der Waals surface area contributed by atoms with Crippen LogP contribution < -0.4 is 9.47 Å². The average molecular weight is 272 g/mol. The first-order chi connectivity index (χ1) is 8.46. The molecule has 1 rings (SSSR count). The molecule has 0 fully saturated rings. The predicted octanol–water partition coefficient (Wildman–Crippen LogP) is 1.99. The van der Waals surface area contributed by atoms with Gasteiger partial charge in [-0.1, -0.05) is 12.7 Å². The molecule has 1 aromatic carbocycles. The zero-order valence-electron chi connectivity index (χ0n) is 10.1. The summed E-state index contributed by atoms with van der Waals surface area (Å²) in [5.74, 6) is 0.975. The maximum absolute atomic E-state index is 10.5. The number of ether oxygens (including phenoxy) is 2. The van der Waals surface area contributed by atoms with E-state index < -0.39 is 10.1 Å². The van der Waals surface area contributed by atoms with Crippen LogP contribution in [0.3, 0.4) is 0 Å². The van der Waals surface area contributed by atoms with Crippen molar-refractivity contribution in [2.75, 3.05) is 19.5 Å². The molecule has 0 spiro atoms. The minimum Gasteiger partial charge on any atom is -0.497 e. The summed E-state index contributed by atoms with van der Waals surface area (Å²) in [7, 11) is -2.36. The lowest BCUT2D eigenvalue weighted by Crippen LogP contribution is -2.08. The lowest BCUT2D eigenvalue weighted by Gasteiger charge is -2.10. The van der Waals surface area contributed by atoms with E-state index in [1.165, 1.54) is 0 Å². The van der Waals surface area contributed by atoms with Crippen LogP contribution in [0.5, 0.6) is 11.5 Å². The normalized spacial score (nSPS) is 11.0. The average Bonchev–Trinajstić information content (AvgIpc) is 2.33.